The Morgan fingerprint density at radius 1 is 0.818 bits per heavy atom. The lowest BCUT2D eigenvalue weighted by atomic mass is 10.2. The van der Waals surface area contributed by atoms with Crippen LogP contribution in [0.3, 0.4) is 0 Å². The van der Waals surface area contributed by atoms with E-state index in [-0.39, 0.29) is 5.97 Å². The van der Waals surface area contributed by atoms with Crippen LogP contribution in [-0.2, 0) is 4.74 Å². The quantitative estimate of drug-likeness (QED) is 0.851. The van der Waals surface area contributed by atoms with Crippen molar-refractivity contribution in [3.8, 4) is 0 Å². The number of benzene rings is 2. The molecular weight excluding hydrogens is 280 g/mol. The minimum atomic E-state index is -0.879. The Balaban J connectivity index is 0.000000235. The first-order valence-electron chi connectivity index (χ1n) is 6.86. The Morgan fingerprint density at radius 3 is 1.55 bits per heavy atom. The second-order valence-corrected chi connectivity index (χ2v) is 5.54. The molecule has 0 radical (unpaired) electrons. The van der Waals surface area contributed by atoms with Gasteiger partial charge in [0.15, 0.2) is 0 Å². The van der Waals surface area contributed by atoms with E-state index in [0.717, 1.165) is 0 Å². The number of carbonyl (C=O) groups is 2. The molecular formula is C18H20O4. The van der Waals surface area contributed by atoms with Crippen LogP contribution >= 0.6 is 0 Å². The average molecular weight is 300 g/mol. The Kier molecular flexibility index (Phi) is 6.32. The highest BCUT2D eigenvalue weighted by Gasteiger charge is 2.16. The number of rotatable bonds is 2. The molecule has 22 heavy (non-hydrogen) atoms. The van der Waals surface area contributed by atoms with Crippen molar-refractivity contribution in [2.24, 2.45) is 0 Å². The summed E-state index contributed by atoms with van der Waals surface area (Å²) < 4.78 is 5.18. The third kappa shape index (κ3) is 6.70. The van der Waals surface area contributed by atoms with Crippen molar-refractivity contribution in [2.75, 3.05) is 0 Å². The minimum absolute atomic E-state index is 0.270. The van der Waals surface area contributed by atoms with Crippen molar-refractivity contribution in [1.29, 1.82) is 0 Å². The zero-order chi connectivity index (χ0) is 16.6. The molecule has 2 aromatic rings. The van der Waals surface area contributed by atoms with Crippen molar-refractivity contribution >= 4 is 11.9 Å². The van der Waals surface area contributed by atoms with Crippen LogP contribution in [0.1, 0.15) is 41.5 Å². The van der Waals surface area contributed by atoms with Gasteiger partial charge < -0.3 is 9.84 Å². The topological polar surface area (TPSA) is 63.6 Å². The molecule has 0 unspecified atom stereocenters. The molecule has 2 rings (SSSR count). The van der Waals surface area contributed by atoms with Crippen LogP contribution in [0.15, 0.2) is 60.7 Å². The van der Waals surface area contributed by atoms with Gasteiger partial charge in [0.1, 0.15) is 5.60 Å². The molecule has 0 aromatic heterocycles. The fourth-order valence-electron chi connectivity index (χ4n) is 1.49. The average Bonchev–Trinajstić information content (AvgIpc) is 2.48. The Labute approximate surface area is 130 Å². The second kappa shape index (κ2) is 7.98. The van der Waals surface area contributed by atoms with E-state index in [9.17, 15) is 9.59 Å². The fraction of sp³-hybridized carbons (Fsp3) is 0.222. The van der Waals surface area contributed by atoms with Crippen LogP contribution in [-0.4, -0.2) is 22.6 Å². The van der Waals surface area contributed by atoms with Crippen LogP contribution in [0.25, 0.3) is 0 Å². The maximum atomic E-state index is 11.4. The smallest absolute Gasteiger partial charge is 0.338 e. The molecule has 0 aliphatic rings. The number of carbonyl (C=O) groups excluding carboxylic acids is 1. The van der Waals surface area contributed by atoms with Crippen molar-refractivity contribution in [1.82, 2.24) is 0 Å². The van der Waals surface area contributed by atoms with E-state index in [1.165, 1.54) is 0 Å². The van der Waals surface area contributed by atoms with Crippen molar-refractivity contribution in [2.45, 2.75) is 26.4 Å². The molecule has 4 heteroatoms. The van der Waals surface area contributed by atoms with Crippen molar-refractivity contribution in [3.63, 3.8) is 0 Å². The van der Waals surface area contributed by atoms with Gasteiger partial charge in [-0.1, -0.05) is 36.4 Å². The lowest BCUT2D eigenvalue weighted by Crippen LogP contribution is -2.23. The Bertz CT molecular complexity index is 598. The summed E-state index contributed by atoms with van der Waals surface area (Å²) in [6.45, 7) is 5.56. The summed E-state index contributed by atoms with van der Waals surface area (Å²) >= 11 is 0. The van der Waals surface area contributed by atoms with Crippen LogP contribution in [0, 0.1) is 0 Å². The predicted molar refractivity (Wildman–Crippen MR) is 85.0 cm³/mol. The minimum Gasteiger partial charge on any atom is -0.478 e. The highest BCUT2D eigenvalue weighted by atomic mass is 16.6. The number of hydrogen-bond acceptors (Lipinski definition) is 3. The number of esters is 1. The van der Waals surface area contributed by atoms with Gasteiger partial charge in [0.2, 0.25) is 0 Å². The van der Waals surface area contributed by atoms with Gasteiger partial charge in [-0.05, 0) is 45.0 Å². The fourth-order valence-corrected chi connectivity index (χ4v) is 1.49. The predicted octanol–water partition coefficient (Wildman–Crippen LogP) is 4.03. The highest BCUT2D eigenvalue weighted by Crippen LogP contribution is 2.11. The van der Waals surface area contributed by atoms with Gasteiger partial charge in [-0.15, -0.1) is 0 Å². The molecule has 0 aliphatic heterocycles. The van der Waals surface area contributed by atoms with Crippen LogP contribution in [0.2, 0.25) is 0 Å². The molecule has 0 spiro atoms. The van der Waals surface area contributed by atoms with Crippen molar-refractivity contribution < 1.29 is 19.4 Å². The summed E-state index contributed by atoms with van der Waals surface area (Å²) in [4.78, 5) is 21.6. The third-order valence-electron chi connectivity index (χ3n) is 2.43. The Hall–Kier alpha value is -2.62. The molecule has 0 bridgehead atoms. The van der Waals surface area contributed by atoms with E-state index in [1.54, 1.807) is 42.5 Å². The van der Waals surface area contributed by atoms with Gasteiger partial charge >= 0.3 is 11.9 Å². The zero-order valence-corrected chi connectivity index (χ0v) is 12.9. The molecule has 2 aromatic carbocycles. The van der Waals surface area contributed by atoms with Gasteiger partial charge in [0.05, 0.1) is 11.1 Å². The Morgan fingerprint density at radius 2 is 1.23 bits per heavy atom. The van der Waals surface area contributed by atoms with E-state index in [0.29, 0.717) is 11.1 Å². The first-order chi connectivity index (χ1) is 10.3. The third-order valence-corrected chi connectivity index (χ3v) is 2.43. The molecule has 0 heterocycles. The van der Waals surface area contributed by atoms with Gasteiger partial charge in [0.25, 0.3) is 0 Å². The molecule has 0 saturated heterocycles. The van der Waals surface area contributed by atoms with Gasteiger partial charge in [-0.25, -0.2) is 9.59 Å². The van der Waals surface area contributed by atoms with Crippen molar-refractivity contribution in [3.05, 3.63) is 71.8 Å². The molecule has 4 nitrogen and oxygen atoms in total. The molecule has 116 valence electrons. The lowest BCUT2D eigenvalue weighted by molar-refractivity contribution is 0.00693. The maximum absolute atomic E-state index is 11.4. The zero-order valence-electron chi connectivity index (χ0n) is 12.9. The van der Waals surface area contributed by atoms with E-state index in [4.69, 9.17) is 9.84 Å². The summed E-state index contributed by atoms with van der Waals surface area (Å²) in [7, 11) is 0. The van der Waals surface area contributed by atoms with Gasteiger partial charge in [-0.3, -0.25) is 0 Å². The number of hydrogen-bond donors (Lipinski definition) is 1. The normalized spacial score (nSPS) is 10.1. The largest absolute Gasteiger partial charge is 0.478 e. The second-order valence-electron chi connectivity index (χ2n) is 5.54. The summed E-state index contributed by atoms with van der Waals surface area (Å²) in [5.74, 6) is -1.15. The van der Waals surface area contributed by atoms with E-state index in [2.05, 4.69) is 0 Å². The SMILES string of the molecule is CC(C)(C)OC(=O)c1ccccc1.O=C(O)c1ccccc1. The number of ether oxygens (including phenoxy) is 1. The first kappa shape index (κ1) is 17.4. The summed E-state index contributed by atoms with van der Waals surface area (Å²) in [5, 5.41) is 8.38. The van der Waals surface area contributed by atoms with Gasteiger partial charge in [-0.2, -0.15) is 0 Å². The van der Waals surface area contributed by atoms with Crippen LogP contribution < -0.4 is 0 Å². The summed E-state index contributed by atoms with van der Waals surface area (Å²) in [5.41, 5.74) is 0.502. The molecule has 1 N–H and O–H groups in total. The highest BCUT2D eigenvalue weighted by molar-refractivity contribution is 5.89. The standard InChI is InChI=1S/C11H14O2.C7H6O2/c1-11(2,3)13-10(12)9-7-5-4-6-8-9;8-7(9)6-4-2-1-3-5-6/h4-8H,1-3H3;1-5H,(H,8,9). The van der Waals surface area contributed by atoms with Crippen LogP contribution in [0.4, 0.5) is 0 Å². The van der Waals surface area contributed by atoms with E-state index < -0.39 is 11.6 Å². The molecule has 0 atom stereocenters. The number of carboxylic acid groups (broad SMARTS) is 1. The molecule has 0 saturated carbocycles. The van der Waals surface area contributed by atoms with Crippen LogP contribution in [0.5, 0.6) is 0 Å². The lowest BCUT2D eigenvalue weighted by Gasteiger charge is -2.19. The molecule has 0 fully saturated rings. The molecule has 0 aliphatic carbocycles. The number of aromatic carboxylic acids is 1. The summed E-state index contributed by atoms with van der Waals surface area (Å²) in [6, 6.07) is 17.3. The number of carboxylic acids is 1. The van der Waals surface area contributed by atoms with Gasteiger partial charge in [0, 0.05) is 0 Å². The van der Waals surface area contributed by atoms with E-state index in [1.807, 2.05) is 39.0 Å². The molecule has 0 amide bonds. The maximum Gasteiger partial charge on any atom is 0.338 e. The summed E-state index contributed by atoms with van der Waals surface area (Å²) in [6.07, 6.45) is 0. The monoisotopic (exact) mass is 300 g/mol. The van der Waals surface area contributed by atoms with E-state index >= 15 is 0 Å². The first-order valence-corrected chi connectivity index (χ1v) is 6.86.